The van der Waals surface area contributed by atoms with Gasteiger partial charge in [0.1, 0.15) is 5.75 Å². The van der Waals surface area contributed by atoms with E-state index in [9.17, 15) is 15.0 Å². The largest absolute Gasteiger partial charge is 0.506 e. The van der Waals surface area contributed by atoms with Crippen molar-refractivity contribution >= 4 is 38.5 Å². The van der Waals surface area contributed by atoms with E-state index in [2.05, 4.69) is 15.9 Å². The van der Waals surface area contributed by atoms with Gasteiger partial charge in [0.15, 0.2) is 11.3 Å². The van der Waals surface area contributed by atoms with Crippen LogP contribution in [0.15, 0.2) is 44.0 Å². The summed E-state index contributed by atoms with van der Waals surface area (Å²) in [4.78, 5) is 12.4. The number of nitrogens with two attached hydrogens (primary N) is 1. The van der Waals surface area contributed by atoms with Crippen LogP contribution in [-0.4, -0.2) is 10.2 Å². The molecule has 0 unspecified atom stereocenters. The molecule has 1 heterocycles. The molecule has 5 nitrogen and oxygen atoms in total. The molecule has 0 spiro atoms. The molecule has 0 radical (unpaired) electrons. The third-order valence-corrected chi connectivity index (χ3v) is 4.32. The zero-order valence-electron chi connectivity index (χ0n) is 11.6. The van der Waals surface area contributed by atoms with Crippen LogP contribution >= 0.6 is 27.5 Å². The molecule has 3 rings (SSSR count). The lowest BCUT2D eigenvalue weighted by atomic mass is 10.1. The Morgan fingerprint density at radius 2 is 1.96 bits per heavy atom. The third kappa shape index (κ3) is 2.69. The van der Waals surface area contributed by atoms with Crippen molar-refractivity contribution in [3.8, 4) is 22.8 Å². The number of fused-ring (bicyclic) bond motifs is 1. The first-order valence-corrected chi connectivity index (χ1v) is 7.76. The van der Waals surface area contributed by atoms with Crippen LogP contribution < -0.4 is 11.2 Å². The van der Waals surface area contributed by atoms with E-state index in [0.717, 1.165) is 5.56 Å². The summed E-state index contributed by atoms with van der Waals surface area (Å²) in [7, 11) is 0. The smallest absolute Gasteiger partial charge is 0.235 e. The summed E-state index contributed by atoms with van der Waals surface area (Å²) >= 11 is 9.21. The minimum Gasteiger partial charge on any atom is -0.506 e. The molecule has 0 aliphatic rings. The fourth-order valence-electron chi connectivity index (χ4n) is 2.26. The van der Waals surface area contributed by atoms with Gasteiger partial charge >= 0.3 is 0 Å². The van der Waals surface area contributed by atoms with Gasteiger partial charge in [-0.25, -0.2) is 0 Å². The fourth-order valence-corrected chi connectivity index (χ4v) is 3.03. The summed E-state index contributed by atoms with van der Waals surface area (Å²) < 4.78 is 6.26. The second-order valence-corrected chi connectivity index (χ2v) is 6.20. The fraction of sp³-hybridized carbons (Fsp3) is 0.0625. The lowest BCUT2D eigenvalue weighted by Gasteiger charge is -2.09. The van der Waals surface area contributed by atoms with E-state index >= 15 is 0 Å². The van der Waals surface area contributed by atoms with Crippen molar-refractivity contribution in [2.24, 2.45) is 5.73 Å². The molecule has 2 aromatic carbocycles. The van der Waals surface area contributed by atoms with Crippen LogP contribution in [0.1, 0.15) is 5.56 Å². The zero-order chi connectivity index (χ0) is 16.7. The van der Waals surface area contributed by atoms with Gasteiger partial charge in [-0.05, 0) is 51.8 Å². The Morgan fingerprint density at radius 3 is 2.61 bits per heavy atom. The maximum absolute atomic E-state index is 12.4. The van der Waals surface area contributed by atoms with Gasteiger partial charge in [-0.2, -0.15) is 0 Å². The molecule has 0 bridgehead atoms. The summed E-state index contributed by atoms with van der Waals surface area (Å²) in [5.41, 5.74) is 6.43. The highest BCUT2D eigenvalue weighted by Crippen LogP contribution is 2.36. The second-order valence-electron chi connectivity index (χ2n) is 4.93. The number of aromatic hydroxyl groups is 2. The Labute approximate surface area is 144 Å². The molecule has 0 saturated carbocycles. The summed E-state index contributed by atoms with van der Waals surface area (Å²) in [6, 6.07) is 7.58. The summed E-state index contributed by atoms with van der Waals surface area (Å²) in [5.74, 6) is -0.655. The van der Waals surface area contributed by atoms with E-state index in [1.807, 2.05) is 0 Å². The topological polar surface area (TPSA) is 96.7 Å². The van der Waals surface area contributed by atoms with Gasteiger partial charge in [0.2, 0.25) is 11.2 Å². The number of halogens is 2. The molecular weight excluding hydrogens is 386 g/mol. The highest BCUT2D eigenvalue weighted by molar-refractivity contribution is 9.10. The van der Waals surface area contributed by atoms with Crippen molar-refractivity contribution in [3.63, 3.8) is 0 Å². The predicted octanol–water partition coefficient (Wildman–Crippen LogP) is 3.75. The van der Waals surface area contributed by atoms with Crippen LogP contribution in [0.3, 0.4) is 0 Å². The molecular formula is C16H11BrClNO4. The van der Waals surface area contributed by atoms with Crippen LogP contribution in [-0.2, 0) is 6.54 Å². The van der Waals surface area contributed by atoms with Crippen LogP contribution in [0.2, 0.25) is 5.02 Å². The first kappa shape index (κ1) is 15.9. The Morgan fingerprint density at radius 1 is 1.22 bits per heavy atom. The highest BCUT2D eigenvalue weighted by Gasteiger charge is 2.18. The van der Waals surface area contributed by atoms with Crippen molar-refractivity contribution in [1.82, 2.24) is 0 Å². The van der Waals surface area contributed by atoms with Crippen LogP contribution in [0.25, 0.3) is 22.3 Å². The SMILES string of the molecule is NCc1cc(Br)c2oc(-c3ccc(O)c(Cl)c3)c(O)c(=O)c2c1. The van der Waals surface area contributed by atoms with Crippen LogP contribution in [0, 0.1) is 0 Å². The number of rotatable bonds is 2. The highest BCUT2D eigenvalue weighted by atomic mass is 79.9. The standard InChI is InChI=1S/C16H11BrClNO4/c17-10-4-7(6-19)3-9-13(21)14(22)15(23-16(9)10)8-1-2-12(20)11(18)5-8/h1-5,20,22H,6,19H2. The molecule has 0 aliphatic carbocycles. The summed E-state index contributed by atoms with van der Waals surface area (Å²) in [6.07, 6.45) is 0. The monoisotopic (exact) mass is 395 g/mol. The van der Waals surface area contributed by atoms with E-state index in [0.29, 0.717) is 15.6 Å². The quantitative estimate of drug-likeness (QED) is 0.613. The van der Waals surface area contributed by atoms with Crippen LogP contribution in [0.4, 0.5) is 0 Å². The average Bonchev–Trinajstić information content (AvgIpc) is 2.53. The number of benzene rings is 2. The molecule has 0 amide bonds. The van der Waals surface area contributed by atoms with E-state index in [1.54, 1.807) is 12.1 Å². The van der Waals surface area contributed by atoms with E-state index in [1.165, 1.54) is 18.2 Å². The van der Waals surface area contributed by atoms with Gasteiger partial charge in [-0.1, -0.05) is 11.6 Å². The predicted molar refractivity (Wildman–Crippen MR) is 91.9 cm³/mol. The molecule has 118 valence electrons. The minimum atomic E-state index is -0.568. The molecule has 0 fully saturated rings. The molecule has 4 N–H and O–H groups in total. The Hall–Kier alpha value is -2.02. The van der Waals surface area contributed by atoms with Gasteiger partial charge < -0.3 is 20.4 Å². The van der Waals surface area contributed by atoms with Gasteiger partial charge in [0, 0.05) is 12.1 Å². The average molecular weight is 397 g/mol. The Balaban J connectivity index is 2.35. The zero-order valence-corrected chi connectivity index (χ0v) is 14.0. The maximum atomic E-state index is 12.4. The summed E-state index contributed by atoms with van der Waals surface area (Å²) in [6.45, 7) is 0.254. The molecule has 1 aromatic heterocycles. The van der Waals surface area contributed by atoms with Crippen molar-refractivity contribution in [3.05, 3.63) is 55.6 Å². The normalized spacial score (nSPS) is 11.1. The minimum absolute atomic E-state index is 0.0226. The number of phenolic OH excluding ortho intramolecular Hbond substituents is 1. The molecule has 23 heavy (non-hydrogen) atoms. The summed E-state index contributed by atoms with van der Waals surface area (Å²) in [5, 5.41) is 20.0. The third-order valence-electron chi connectivity index (χ3n) is 3.43. The Kier molecular flexibility index (Phi) is 4.06. The first-order valence-electron chi connectivity index (χ1n) is 6.59. The van der Waals surface area contributed by atoms with E-state index < -0.39 is 11.2 Å². The van der Waals surface area contributed by atoms with E-state index in [-0.39, 0.29) is 28.5 Å². The maximum Gasteiger partial charge on any atom is 0.235 e. The molecule has 0 aliphatic heterocycles. The first-order chi connectivity index (χ1) is 10.9. The number of phenols is 1. The molecule has 7 heteroatoms. The van der Waals surface area contributed by atoms with Crippen molar-refractivity contribution in [1.29, 1.82) is 0 Å². The lowest BCUT2D eigenvalue weighted by molar-refractivity contribution is 0.448. The van der Waals surface area contributed by atoms with Crippen LogP contribution in [0.5, 0.6) is 11.5 Å². The van der Waals surface area contributed by atoms with Gasteiger partial charge in [0.05, 0.1) is 14.9 Å². The Bertz CT molecular complexity index is 984. The molecule has 3 aromatic rings. The van der Waals surface area contributed by atoms with Gasteiger partial charge in [-0.3, -0.25) is 4.79 Å². The van der Waals surface area contributed by atoms with Crippen molar-refractivity contribution < 1.29 is 14.6 Å². The van der Waals surface area contributed by atoms with E-state index in [4.69, 9.17) is 21.8 Å². The number of hydrogen-bond acceptors (Lipinski definition) is 5. The van der Waals surface area contributed by atoms with Gasteiger partial charge in [-0.15, -0.1) is 0 Å². The molecule has 0 atom stereocenters. The van der Waals surface area contributed by atoms with Crippen molar-refractivity contribution in [2.45, 2.75) is 6.54 Å². The van der Waals surface area contributed by atoms with Crippen molar-refractivity contribution in [2.75, 3.05) is 0 Å². The lowest BCUT2D eigenvalue weighted by Crippen LogP contribution is -2.05. The van der Waals surface area contributed by atoms with Gasteiger partial charge in [0.25, 0.3) is 0 Å². The number of hydrogen-bond donors (Lipinski definition) is 3. The second kappa shape index (κ2) is 5.88. The molecule has 0 saturated heterocycles.